The number of aliphatic carboxylic acids is 1. The van der Waals surface area contributed by atoms with Crippen molar-refractivity contribution < 1.29 is 14.7 Å². The summed E-state index contributed by atoms with van der Waals surface area (Å²) in [6.45, 7) is 2.49. The molecule has 2 N–H and O–H groups in total. The first-order valence-electron chi connectivity index (χ1n) is 5.29. The van der Waals surface area contributed by atoms with Gasteiger partial charge in [-0.2, -0.15) is 0 Å². The molecule has 0 radical (unpaired) electrons. The average molecular weight is 239 g/mol. The lowest BCUT2D eigenvalue weighted by Gasteiger charge is -2.26. The van der Waals surface area contributed by atoms with E-state index in [1.165, 1.54) is 6.20 Å². The zero-order chi connectivity index (χ0) is 12.3. The minimum absolute atomic E-state index is 0.188. The molecule has 92 valence electrons. The predicted molar refractivity (Wildman–Crippen MR) is 56.4 cm³/mol. The number of rotatable bonds is 3. The lowest BCUT2D eigenvalue weighted by molar-refractivity contribution is -0.137. The smallest absolute Gasteiger partial charge is 0.325 e. The van der Waals surface area contributed by atoms with Crippen LogP contribution in [0.5, 0.6) is 0 Å². The Kier molecular flexibility index (Phi) is 3.33. The van der Waals surface area contributed by atoms with Crippen molar-refractivity contribution in [2.24, 2.45) is 0 Å². The van der Waals surface area contributed by atoms with Crippen LogP contribution in [0, 0.1) is 0 Å². The first-order valence-corrected chi connectivity index (χ1v) is 5.29. The molecule has 0 aliphatic carbocycles. The normalized spacial score (nSPS) is 15.9. The maximum Gasteiger partial charge on any atom is 0.325 e. The number of nitrogens with zero attached hydrogens (tertiary/aromatic N) is 4. The maximum absolute atomic E-state index is 11.9. The number of carboxylic acid groups (broad SMARTS) is 1. The van der Waals surface area contributed by atoms with Crippen molar-refractivity contribution in [1.29, 1.82) is 0 Å². The number of hydrogen-bond donors (Lipinski definition) is 2. The van der Waals surface area contributed by atoms with E-state index in [0.717, 1.165) is 17.8 Å². The predicted octanol–water partition coefficient (Wildman–Crippen LogP) is -1.59. The van der Waals surface area contributed by atoms with Gasteiger partial charge in [0.25, 0.3) is 5.91 Å². The van der Waals surface area contributed by atoms with E-state index in [4.69, 9.17) is 5.11 Å². The molecule has 17 heavy (non-hydrogen) atoms. The van der Waals surface area contributed by atoms with Crippen LogP contribution in [-0.2, 0) is 11.3 Å². The molecule has 0 spiro atoms. The summed E-state index contributed by atoms with van der Waals surface area (Å²) in [4.78, 5) is 24.1. The molecule has 1 aliphatic rings. The third kappa shape index (κ3) is 2.78. The SMILES string of the molecule is O=C(O)Cn1cc(C(=O)N2CCNCC2)nn1. The van der Waals surface area contributed by atoms with Crippen molar-refractivity contribution in [3.63, 3.8) is 0 Å². The average Bonchev–Trinajstić information content (AvgIpc) is 2.77. The highest BCUT2D eigenvalue weighted by atomic mass is 16.4. The van der Waals surface area contributed by atoms with Crippen molar-refractivity contribution in [2.45, 2.75) is 6.54 Å². The molecule has 1 amide bonds. The van der Waals surface area contributed by atoms with E-state index in [1.54, 1.807) is 4.90 Å². The molecule has 1 aromatic rings. The Morgan fingerprint density at radius 1 is 1.41 bits per heavy atom. The number of aromatic nitrogens is 3. The molecule has 0 bridgehead atoms. The van der Waals surface area contributed by atoms with E-state index >= 15 is 0 Å². The van der Waals surface area contributed by atoms with E-state index < -0.39 is 5.97 Å². The fraction of sp³-hybridized carbons (Fsp3) is 0.556. The molecular formula is C9H13N5O3. The number of carboxylic acids is 1. The molecule has 1 aliphatic heterocycles. The van der Waals surface area contributed by atoms with E-state index in [9.17, 15) is 9.59 Å². The van der Waals surface area contributed by atoms with Crippen LogP contribution in [0.4, 0.5) is 0 Å². The molecule has 1 saturated heterocycles. The van der Waals surface area contributed by atoms with E-state index in [0.29, 0.717) is 13.1 Å². The second kappa shape index (κ2) is 4.91. The molecule has 0 aromatic carbocycles. The molecule has 8 heteroatoms. The highest BCUT2D eigenvalue weighted by Gasteiger charge is 2.20. The Morgan fingerprint density at radius 2 is 2.12 bits per heavy atom. The first-order chi connectivity index (χ1) is 8.16. The van der Waals surface area contributed by atoms with Gasteiger partial charge in [-0.15, -0.1) is 5.10 Å². The van der Waals surface area contributed by atoms with Gasteiger partial charge >= 0.3 is 5.97 Å². The van der Waals surface area contributed by atoms with Gasteiger partial charge in [-0.3, -0.25) is 9.59 Å². The summed E-state index contributed by atoms with van der Waals surface area (Å²) in [6.07, 6.45) is 1.36. The fourth-order valence-electron chi connectivity index (χ4n) is 1.64. The van der Waals surface area contributed by atoms with Crippen molar-refractivity contribution in [2.75, 3.05) is 26.2 Å². The van der Waals surface area contributed by atoms with Gasteiger partial charge in [0.15, 0.2) is 5.69 Å². The molecule has 0 unspecified atom stereocenters. The zero-order valence-corrected chi connectivity index (χ0v) is 9.17. The Labute approximate surface area is 97.2 Å². The van der Waals surface area contributed by atoms with Gasteiger partial charge < -0.3 is 15.3 Å². The van der Waals surface area contributed by atoms with Crippen LogP contribution in [0.15, 0.2) is 6.20 Å². The summed E-state index contributed by atoms with van der Waals surface area (Å²) in [5.41, 5.74) is 0.188. The fourth-order valence-corrected chi connectivity index (χ4v) is 1.64. The summed E-state index contributed by atoms with van der Waals surface area (Å²) in [5.74, 6) is -1.22. The van der Waals surface area contributed by atoms with Crippen LogP contribution in [-0.4, -0.2) is 63.1 Å². The van der Waals surface area contributed by atoms with Crippen LogP contribution in [0.2, 0.25) is 0 Å². The highest BCUT2D eigenvalue weighted by Crippen LogP contribution is 2.02. The van der Waals surface area contributed by atoms with Crippen LogP contribution in [0.25, 0.3) is 0 Å². The largest absolute Gasteiger partial charge is 0.480 e. The van der Waals surface area contributed by atoms with Crippen molar-refractivity contribution in [3.8, 4) is 0 Å². The summed E-state index contributed by atoms with van der Waals surface area (Å²) >= 11 is 0. The Bertz CT molecular complexity index is 424. The molecule has 0 atom stereocenters. The second-order valence-electron chi connectivity index (χ2n) is 3.74. The summed E-state index contributed by atoms with van der Waals surface area (Å²) in [5, 5.41) is 19.0. The quantitative estimate of drug-likeness (QED) is 0.659. The first kappa shape index (κ1) is 11.5. The van der Waals surface area contributed by atoms with Gasteiger partial charge in [-0.1, -0.05) is 5.21 Å². The number of nitrogens with one attached hydrogen (secondary N) is 1. The standard InChI is InChI=1S/C9H13N5O3/c15-8(16)6-14-5-7(11-12-14)9(17)13-3-1-10-2-4-13/h5,10H,1-4,6H2,(H,15,16). The highest BCUT2D eigenvalue weighted by molar-refractivity contribution is 5.92. The Morgan fingerprint density at radius 3 is 2.76 bits per heavy atom. The third-order valence-corrected chi connectivity index (χ3v) is 2.46. The molecule has 1 fully saturated rings. The minimum Gasteiger partial charge on any atom is -0.480 e. The zero-order valence-electron chi connectivity index (χ0n) is 9.17. The van der Waals surface area contributed by atoms with Gasteiger partial charge in [0.05, 0.1) is 6.20 Å². The number of amides is 1. The van der Waals surface area contributed by atoms with Crippen LogP contribution >= 0.6 is 0 Å². The summed E-state index contributed by atoms with van der Waals surface area (Å²) in [6, 6.07) is 0. The van der Waals surface area contributed by atoms with E-state index in [2.05, 4.69) is 15.6 Å². The molecule has 8 nitrogen and oxygen atoms in total. The number of piperazine rings is 1. The molecular weight excluding hydrogens is 226 g/mol. The minimum atomic E-state index is -1.02. The lowest BCUT2D eigenvalue weighted by Crippen LogP contribution is -2.46. The third-order valence-electron chi connectivity index (χ3n) is 2.46. The van der Waals surface area contributed by atoms with Crippen LogP contribution in [0.1, 0.15) is 10.5 Å². The number of hydrogen-bond acceptors (Lipinski definition) is 5. The van der Waals surface area contributed by atoms with Crippen molar-refractivity contribution in [1.82, 2.24) is 25.2 Å². The van der Waals surface area contributed by atoms with E-state index in [1.807, 2.05) is 0 Å². The second-order valence-corrected chi connectivity index (χ2v) is 3.74. The molecule has 0 saturated carbocycles. The van der Waals surface area contributed by atoms with Crippen LogP contribution in [0.3, 0.4) is 0 Å². The number of carbonyl (C=O) groups excluding carboxylic acids is 1. The molecule has 1 aromatic heterocycles. The van der Waals surface area contributed by atoms with Gasteiger partial charge in [0.1, 0.15) is 6.54 Å². The Balaban J connectivity index is 2.03. The van der Waals surface area contributed by atoms with Gasteiger partial charge in [-0.05, 0) is 0 Å². The topological polar surface area (TPSA) is 100 Å². The molecule has 2 rings (SSSR count). The number of carbonyl (C=O) groups is 2. The van der Waals surface area contributed by atoms with Gasteiger partial charge in [-0.25, -0.2) is 4.68 Å². The Hall–Kier alpha value is -1.96. The van der Waals surface area contributed by atoms with Crippen molar-refractivity contribution >= 4 is 11.9 Å². The summed E-state index contributed by atoms with van der Waals surface area (Å²) in [7, 11) is 0. The van der Waals surface area contributed by atoms with Gasteiger partial charge in [0.2, 0.25) is 0 Å². The molecule has 2 heterocycles. The summed E-state index contributed by atoms with van der Waals surface area (Å²) < 4.78 is 1.14. The van der Waals surface area contributed by atoms with Crippen molar-refractivity contribution in [3.05, 3.63) is 11.9 Å². The maximum atomic E-state index is 11.9. The monoisotopic (exact) mass is 239 g/mol. The van der Waals surface area contributed by atoms with Gasteiger partial charge in [0, 0.05) is 26.2 Å². The van der Waals surface area contributed by atoms with E-state index in [-0.39, 0.29) is 18.1 Å². The lowest BCUT2D eigenvalue weighted by atomic mass is 10.3. The van der Waals surface area contributed by atoms with Crippen LogP contribution < -0.4 is 5.32 Å².